The van der Waals surface area contributed by atoms with E-state index in [-0.39, 0.29) is 16.6 Å². The number of fused-ring (bicyclic) bond motifs is 5. The largest absolute Gasteiger partial charge is 0.413 e. The molecule has 8 atom stereocenters. The molecule has 3 saturated carbocycles. The van der Waals surface area contributed by atoms with E-state index in [0.29, 0.717) is 30.5 Å². The first kappa shape index (κ1) is 28.8. The highest BCUT2D eigenvalue weighted by Crippen LogP contribution is 2.67. The summed E-state index contributed by atoms with van der Waals surface area (Å²) in [5, 5.41) is 10.4. The predicted molar refractivity (Wildman–Crippen MR) is 154 cm³/mol. The van der Waals surface area contributed by atoms with Crippen molar-refractivity contribution in [3.63, 3.8) is 0 Å². The molecule has 2 unspecified atom stereocenters. The van der Waals surface area contributed by atoms with Crippen LogP contribution in [0.25, 0.3) is 0 Å². The van der Waals surface area contributed by atoms with Gasteiger partial charge in [0.05, 0.1) is 17.8 Å². The van der Waals surface area contributed by atoms with Crippen LogP contribution in [-0.4, -0.2) is 37.8 Å². The van der Waals surface area contributed by atoms with Crippen molar-refractivity contribution in [2.24, 2.45) is 34.5 Å². The van der Waals surface area contributed by atoms with Gasteiger partial charge in [0.25, 0.3) is 0 Å². The minimum atomic E-state index is -1.83. The van der Waals surface area contributed by atoms with Crippen LogP contribution in [-0.2, 0) is 9.16 Å². The zero-order chi connectivity index (χ0) is 26.7. The minimum absolute atomic E-state index is 0.213. The maximum atomic E-state index is 10.1. The molecule has 1 N–H and O–H groups in total. The molecule has 36 heavy (non-hydrogen) atoms. The average molecular weight is 519 g/mol. The Labute approximate surface area is 224 Å². The van der Waals surface area contributed by atoms with Crippen molar-refractivity contribution >= 4 is 8.32 Å². The second-order valence-corrected chi connectivity index (χ2v) is 20.5. The quantitative estimate of drug-likeness (QED) is 0.271. The van der Waals surface area contributed by atoms with Gasteiger partial charge in [-0.05, 0) is 126 Å². The Morgan fingerprint density at radius 1 is 1.06 bits per heavy atom. The minimum Gasteiger partial charge on any atom is -0.413 e. The van der Waals surface area contributed by atoms with E-state index in [2.05, 4.69) is 60.7 Å². The van der Waals surface area contributed by atoms with Crippen molar-refractivity contribution in [1.29, 1.82) is 0 Å². The number of aliphatic hydroxyl groups is 1. The Kier molecular flexibility index (Phi) is 7.84. The van der Waals surface area contributed by atoms with Crippen molar-refractivity contribution in [2.45, 2.75) is 149 Å². The summed E-state index contributed by atoms with van der Waals surface area (Å²) in [6, 6.07) is 0. The topological polar surface area (TPSA) is 38.7 Å². The van der Waals surface area contributed by atoms with E-state index in [4.69, 9.17) is 9.16 Å². The van der Waals surface area contributed by atoms with Gasteiger partial charge in [-0.15, -0.1) is 0 Å². The van der Waals surface area contributed by atoms with Crippen LogP contribution in [0, 0.1) is 34.5 Å². The first-order valence-corrected chi connectivity index (χ1v) is 18.1. The van der Waals surface area contributed by atoms with E-state index < -0.39 is 13.9 Å². The highest BCUT2D eigenvalue weighted by molar-refractivity contribution is 6.74. The molecule has 0 amide bonds. The van der Waals surface area contributed by atoms with Gasteiger partial charge in [-0.2, -0.15) is 0 Å². The van der Waals surface area contributed by atoms with E-state index in [1.807, 2.05) is 13.8 Å². The monoisotopic (exact) mass is 518 g/mol. The first-order chi connectivity index (χ1) is 16.5. The highest BCUT2D eigenvalue weighted by Gasteiger charge is 2.61. The number of hydrogen-bond acceptors (Lipinski definition) is 3. The number of allylic oxidation sites excluding steroid dienone is 1. The van der Waals surface area contributed by atoms with Crippen LogP contribution < -0.4 is 0 Å². The van der Waals surface area contributed by atoms with Gasteiger partial charge < -0.3 is 14.3 Å². The second-order valence-electron chi connectivity index (χ2n) is 15.8. The zero-order valence-corrected chi connectivity index (χ0v) is 26.4. The molecule has 4 heteroatoms. The normalized spacial score (nSPS) is 40.2. The van der Waals surface area contributed by atoms with Gasteiger partial charge >= 0.3 is 0 Å². The number of hydrogen-bond donors (Lipinski definition) is 1. The van der Waals surface area contributed by atoms with E-state index >= 15 is 0 Å². The summed E-state index contributed by atoms with van der Waals surface area (Å²) in [5.41, 5.74) is 1.68. The predicted octanol–water partition coefficient (Wildman–Crippen LogP) is 8.52. The van der Waals surface area contributed by atoms with Gasteiger partial charge in [0.15, 0.2) is 8.32 Å². The Balaban J connectivity index is 1.54. The zero-order valence-electron chi connectivity index (χ0n) is 25.4. The molecule has 0 aliphatic heterocycles. The lowest BCUT2D eigenvalue weighted by molar-refractivity contribution is -0.104. The number of rotatable bonds is 7. The smallest absolute Gasteiger partial charge is 0.192 e. The molecule has 4 aliphatic carbocycles. The fourth-order valence-corrected chi connectivity index (χ4v) is 10.3. The van der Waals surface area contributed by atoms with Crippen molar-refractivity contribution in [1.82, 2.24) is 0 Å². The molecule has 0 saturated heterocycles. The fourth-order valence-electron chi connectivity index (χ4n) is 8.83. The molecular formula is C32H58O3Si. The third-order valence-corrected chi connectivity index (χ3v) is 16.6. The molecule has 208 valence electrons. The Bertz CT molecular complexity index is 820. The van der Waals surface area contributed by atoms with Crippen molar-refractivity contribution < 1.29 is 14.3 Å². The summed E-state index contributed by atoms with van der Waals surface area (Å²) >= 11 is 0. The van der Waals surface area contributed by atoms with Gasteiger partial charge in [0, 0.05) is 12.0 Å². The average Bonchev–Trinajstić information content (AvgIpc) is 3.09. The molecule has 3 fully saturated rings. The molecule has 0 heterocycles. The summed E-state index contributed by atoms with van der Waals surface area (Å²) in [5.74, 6) is 2.98. The van der Waals surface area contributed by atoms with Crippen LogP contribution >= 0.6 is 0 Å². The Morgan fingerprint density at radius 2 is 1.75 bits per heavy atom. The van der Waals surface area contributed by atoms with E-state index in [1.165, 1.54) is 51.4 Å². The van der Waals surface area contributed by atoms with E-state index in [0.717, 1.165) is 17.8 Å². The summed E-state index contributed by atoms with van der Waals surface area (Å²) in [6.45, 7) is 24.0. The SMILES string of the molecule is CC(OCCC(C)(C)O)[C@H]1CC[C@H]2[C@@H]3CC=C4CCCC(O[Si](C)(C)C(C)(C)C)[C@]4(C)[C@H]3CC[C@]12C. The standard InChI is InChI=1S/C32H58O3Si/c1-22(34-21-20-30(5,6)33)25-16-17-26-24-15-14-23-12-11-13-28(35-36(9,10)29(2,3)4)32(23,8)27(24)18-19-31(25,26)7/h14,22,24-28,33H,11-13,15-21H2,1-10H3/t22?,24-,25+,26-,27-,28?,31+,32-/m0/s1. The Hall–Kier alpha value is -0.163. The van der Waals surface area contributed by atoms with Gasteiger partial charge in [-0.3, -0.25) is 0 Å². The summed E-state index contributed by atoms with van der Waals surface area (Å²) in [4.78, 5) is 0. The summed E-state index contributed by atoms with van der Waals surface area (Å²) in [6.07, 6.45) is 14.5. The molecule has 0 spiro atoms. The van der Waals surface area contributed by atoms with Crippen LogP contribution in [0.3, 0.4) is 0 Å². The third-order valence-electron chi connectivity index (χ3n) is 12.1. The molecular weight excluding hydrogens is 460 g/mol. The Morgan fingerprint density at radius 3 is 2.39 bits per heavy atom. The molecule has 0 radical (unpaired) electrons. The van der Waals surface area contributed by atoms with E-state index in [1.54, 1.807) is 5.57 Å². The highest BCUT2D eigenvalue weighted by atomic mass is 28.4. The summed E-state index contributed by atoms with van der Waals surface area (Å²) < 4.78 is 13.7. The van der Waals surface area contributed by atoms with Gasteiger partial charge in [0.1, 0.15) is 0 Å². The van der Waals surface area contributed by atoms with Gasteiger partial charge in [0.2, 0.25) is 0 Å². The molecule has 0 bridgehead atoms. The second kappa shape index (κ2) is 9.79. The van der Waals surface area contributed by atoms with Gasteiger partial charge in [-0.1, -0.05) is 46.3 Å². The van der Waals surface area contributed by atoms with Crippen molar-refractivity contribution in [3.8, 4) is 0 Å². The fraction of sp³-hybridized carbons (Fsp3) is 0.938. The van der Waals surface area contributed by atoms with Gasteiger partial charge in [-0.25, -0.2) is 0 Å². The lowest BCUT2D eigenvalue weighted by Crippen LogP contribution is -2.57. The molecule has 4 rings (SSSR count). The lowest BCUT2D eigenvalue weighted by atomic mass is 9.46. The molecule has 0 aromatic heterocycles. The van der Waals surface area contributed by atoms with E-state index in [9.17, 15) is 5.11 Å². The number of ether oxygens (including phenoxy) is 1. The summed E-state index contributed by atoms with van der Waals surface area (Å²) in [7, 11) is -1.83. The van der Waals surface area contributed by atoms with Crippen molar-refractivity contribution in [2.75, 3.05) is 6.61 Å². The van der Waals surface area contributed by atoms with Crippen LogP contribution in [0.15, 0.2) is 11.6 Å². The van der Waals surface area contributed by atoms with Crippen LogP contribution in [0.5, 0.6) is 0 Å². The maximum Gasteiger partial charge on any atom is 0.192 e. The lowest BCUT2D eigenvalue weighted by Gasteiger charge is -2.61. The molecule has 0 aromatic rings. The van der Waals surface area contributed by atoms with Crippen molar-refractivity contribution in [3.05, 3.63) is 11.6 Å². The molecule has 4 aliphatic rings. The van der Waals surface area contributed by atoms with Crippen LogP contribution in [0.1, 0.15) is 113 Å². The first-order valence-electron chi connectivity index (χ1n) is 15.2. The van der Waals surface area contributed by atoms with Crippen LogP contribution in [0.4, 0.5) is 0 Å². The maximum absolute atomic E-state index is 10.1. The van der Waals surface area contributed by atoms with Crippen LogP contribution in [0.2, 0.25) is 18.1 Å². The molecule has 0 aromatic carbocycles. The molecule has 3 nitrogen and oxygen atoms in total. The third kappa shape index (κ3) is 5.07.